The number of rotatable bonds is 1. The molecule has 122 valence electrons. The summed E-state index contributed by atoms with van der Waals surface area (Å²) in [5, 5.41) is 0.434. The number of thiazole rings is 1. The molecule has 0 fully saturated rings. The van der Waals surface area contributed by atoms with Crippen molar-refractivity contribution >= 4 is 16.5 Å². The van der Waals surface area contributed by atoms with Gasteiger partial charge in [0.1, 0.15) is 0 Å². The highest BCUT2D eigenvalue weighted by atomic mass is 32.1. The van der Waals surface area contributed by atoms with Gasteiger partial charge in [0.25, 0.3) is 0 Å². The van der Waals surface area contributed by atoms with Crippen LogP contribution in [0.4, 0.5) is 18.3 Å². The van der Waals surface area contributed by atoms with Crippen molar-refractivity contribution in [2.75, 3.05) is 5.73 Å². The number of anilines is 1. The van der Waals surface area contributed by atoms with Gasteiger partial charge in [0, 0.05) is 11.8 Å². The number of hydrogen-bond acceptors (Lipinski definition) is 5. The van der Waals surface area contributed by atoms with Crippen molar-refractivity contribution in [3.05, 3.63) is 47.3 Å². The number of nitrogens with two attached hydrogens (primary N) is 1. The summed E-state index contributed by atoms with van der Waals surface area (Å²) in [4.78, 5) is 13.7. The lowest BCUT2D eigenvalue weighted by atomic mass is 9.99. The van der Waals surface area contributed by atoms with E-state index in [1.54, 1.807) is 12.3 Å². The first kappa shape index (κ1) is 15.1. The van der Waals surface area contributed by atoms with Gasteiger partial charge in [0.15, 0.2) is 11.0 Å². The molecule has 3 aromatic rings. The van der Waals surface area contributed by atoms with Gasteiger partial charge in [-0.15, -0.1) is 0 Å². The van der Waals surface area contributed by atoms with E-state index < -0.39 is 11.7 Å². The van der Waals surface area contributed by atoms with Crippen LogP contribution in [0.1, 0.15) is 16.8 Å². The monoisotopic (exact) mass is 348 g/mol. The minimum absolute atomic E-state index is 0.0302. The van der Waals surface area contributed by atoms with Gasteiger partial charge < -0.3 is 5.73 Å². The number of aromatic nitrogens is 3. The van der Waals surface area contributed by atoms with E-state index in [0.717, 1.165) is 28.6 Å². The number of benzene rings is 1. The molecule has 4 nitrogen and oxygen atoms in total. The zero-order valence-electron chi connectivity index (χ0n) is 12.3. The molecule has 2 aromatic heterocycles. The van der Waals surface area contributed by atoms with Crippen LogP contribution >= 0.6 is 11.3 Å². The van der Waals surface area contributed by atoms with Gasteiger partial charge in [0.05, 0.1) is 21.8 Å². The molecular weight excluding hydrogens is 337 g/mol. The van der Waals surface area contributed by atoms with Gasteiger partial charge in [-0.2, -0.15) is 13.2 Å². The van der Waals surface area contributed by atoms with Crippen molar-refractivity contribution in [2.45, 2.75) is 19.0 Å². The number of hydrogen-bond donors (Lipinski definition) is 1. The Balaban J connectivity index is 1.89. The normalized spacial score (nSPS) is 13.5. The SMILES string of the molecule is Nc1nc2c(s1)-c1nc(-c3ccccc3C(F)(F)F)ncc1CC2. The molecule has 0 aliphatic heterocycles. The summed E-state index contributed by atoms with van der Waals surface area (Å²) in [7, 11) is 0. The van der Waals surface area contributed by atoms with Gasteiger partial charge in [-0.3, -0.25) is 0 Å². The van der Waals surface area contributed by atoms with E-state index in [1.807, 2.05) is 0 Å². The number of halogens is 3. The fraction of sp³-hybridized carbons (Fsp3) is 0.188. The second-order valence-corrected chi connectivity index (χ2v) is 6.47. The maximum absolute atomic E-state index is 13.2. The van der Waals surface area contributed by atoms with E-state index >= 15 is 0 Å². The third kappa shape index (κ3) is 2.43. The number of nitrogen functional groups attached to an aromatic ring is 1. The largest absolute Gasteiger partial charge is 0.417 e. The van der Waals surface area contributed by atoms with Crippen molar-refractivity contribution in [3.63, 3.8) is 0 Å². The van der Waals surface area contributed by atoms with Crippen molar-refractivity contribution in [3.8, 4) is 22.0 Å². The Kier molecular flexibility index (Phi) is 3.31. The smallest absolute Gasteiger partial charge is 0.375 e. The maximum Gasteiger partial charge on any atom is 0.417 e. The van der Waals surface area contributed by atoms with Crippen molar-refractivity contribution in [1.29, 1.82) is 0 Å². The molecule has 1 aliphatic carbocycles. The standard InChI is InChI=1S/C16H11F3N4S/c17-16(18,19)10-4-2-1-3-9(10)14-21-7-8-5-6-11-13(12(8)23-14)24-15(20)22-11/h1-4,7H,5-6H2,(H2,20,22). The second-order valence-electron chi connectivity index (χ2n) is 5.44. The molecule has 0 amide bonds. The molecule has 0 spiro atoms. The summed E-state index contributed by atoms with van der Waals surface area (Å²) in [6, 6.07) is 5.32. The van der Waals surface area contributed by atoms with Gasteiger partial charge >= 0.3 is 6.18 Å². The predicted octanol–water partition coefficient (Wildman–Crippen LogP) is 3.97. The Morgan fingerprint density at radius 2 is 1.88 bits per heavy atom. The van der Waals surface area contributed by atoms with Crippen molar-refractivity contribution in [1.82, 2.24) is 15.0 Å². The minimum atomic E-state index is -4.46. The molecule has 0 bridgehead atoms. The fourth-order valence-corrected chi connectivity index (χ4v) is 3.72. The summed E-state index contributed by atoms with van der Waals surface area (Å²) < 4.78 is 39.7. The van der Waals surface area contributed by atoms with E-state index in [1.165, 1.54) is 23.5 Å². The maximum atomic E-state index is 13.2. The first-order chi connectivity index (χ1) is 11.4. The Labute approximate surface area is 139 Å². The van der Waals surface area contributed by atoms with Crippen molar-refractivity contribution < 1.29 is 13.2 Å². The lowest BCUT2D eigenvalue weighted by molar-refractivity contribution is -0.137. The lowest BCUT2D eigenvalue weighted by Gasteiger charge is -2.16. The molecule has 1 aromatic carbocycles. The Hall–Kier alpha value is -2.48. The van der Waals surface area contributed by atoms with Crippen LogP contribution in [0.25, 0.3) is 22.0 Å². The van der Waals surface area contributed by atoms with Crippen LogP contribution < -0.4 is 5.73 Å². The Morgan fingerprint density at radius 1 is 1.08 bits per heavy atom. The average molecular weight is 348 g/mol. The number of aryl methyl sites for hydroxylation is 2. The molecule has 1 aliphatic rings. The highest BCUT2D eigenvalue weighted by molar-refractivity contribution is 7.18. The molecule has 24 heavy (non-hydrogen) atoms. The highest BCUT2D eigenvalue weighted by Gasteiger charge is 2.34. The van der Waals surface area contributed by atoms with Crippen LogP contribution in [0.2, 0.25) is 0 Å². The second kappa shape index (κ2) is 5.27. The number of fused-ring (bicyclic) bond motifs is 3. The molecule has 2 heterocycles. The molecule has 0 unspecified atom stereocenters. The zero-order valence-corrected chi connectivity index (χ0v) is 13.1. The van der Waals surface area contributed by atoms with E-state index in [2.05, 4.69) is 15.0 Å². The quantitative estimate of drug-likeness (QED) is 0.723. The summed E-state index contributed by atoms with van der Waals surface area (Å²) in [6.07, 6.45) is -1.43. The van der Waals surface area contributed by atoms with Gasteiger partial charge in [-0.25, -0.2) is 15.0 Å². The predicted molar refractivity (Wildman–Crippen MR) is 85.4 cm³/mol. The molecule has 0 atom stereocenters. The van der Waals surface area contributed by atoms with E-state index in [0.29, 0.717) is 17.2 Å². The first-order valence-corrected chi connectivity index (χ1v) is 8.03. The minimum Gasteiger partial charge on any atom is -0.375 e. The third-order valence-corrected chi connectivity index (χ3v) is 4.83. The molecule has 0 saturated heterocycles. The molecule has 4 rings (SSSR count). The number of alkyl halides is 3. The van der Waals surface area contributed by atoms with Crippen LogP contribution in [0.5, 0.6) is 0 Å². The zero-order chi connectivity index (χ0) is 16.9. The fourth-order valence-electron chi connectivity index (χ4n) is 2.82. The topological polar surface area (TPSA) is 64.7 Å². The van der Waals surface area contributed by atoms with Crippen LogP contribution in [-0.2, 0) is 19.0 Å². The molecule has 0 saturated carbocycles. The van der Waals surface area contributed by atoms with Gasteiger partial charge in [0.2, 0.25) is 0 Å². The highest BCUT2D eigenvalue weighted by Crippen LogP contribution is 2.40. The van der Waals surface area contributed by atoms with E-state index in [4.69, 9.17) is 5.73 Å². The number of nitrogens with zero attached hydrogens (tertiary/aromatic N) is 3. The van der Waals surface area contributed by atoms with Crippen LogP contribution in [0.15, 0.2) is 30.5 Å². The molecule has 0 radical (unpaired) electrons. The first-order valence-electron chi connectivity index (χ1n) is 7.21. The summed E-state index contributed by atoms with van der Waals surface area (Å²) in [6.45, 7) is 0. The Bertz CT molecular complexity index is 933. The molecule has 8 heteroatoms. The van der Waals surface area contributed by atoms with E-state index in [-0.39, 0.29) is 11.4 Å². The van der Waals surface area contributed by atoms with Gasteiger partial charge in [-0.1, -0.05) is 29.5 Å². The summed E-state index contributed by atoms with van der Waals surface area (Å²) >= 11 is 1.30. The molecular formula is C16H11F3N4S. The van der Waals surface area contributed by atoms with Crippen LogP contribution in [0, 0.1) is 0 Å². The van der Waals surface area contributed by atoms with E-state index in [9.17, 15) is 13.2 Å². The Morgan fingerprint density at radius 3 is 2.67 bits per heavy atom. The lowest BCUT2D eigenvalue weighted by Crippen LogP contribution is -2.10. The van der Waals surface area contributed by atoms with Crippen LogP contribution in [-0.4, -0.2) is 15.0 Å². The average Bonchev–Trinajstić information content (AvgIpc) is 2.94. The van der Waals surface area contributed by atoms with Crippen LogP contribution in [0.3, 0.4) is 0 Å². The van der Waals surface area contributed by atoms with Gasteiger partial charge in [-0.05, 0) is 24.5 Å². The summed E-state index contributed by atoms with van der Waals surface area (Å²) in [5.41, 5.74) is 7.37. The summed E-state index contributed by atoms with van der Waals surface area (Å²) in [5.74, 6) is 0.0569. The molecule has 2 N–H and O–H groups in total. The third-order valence-electron chi connectivity index (χ3n) is 3.90. The van der Waals surface area contributed by atoms with Crippen molar-refractivity contribution in [2.24, 2.45) is 0 Å².